The lowest BCUT2D eigenvalue weighted by atomic mass is 10.2. The van der Waals surface area contributed by atoms with Gasteiger partial charge in [-0.05, 0) is 6.07 Å². The summed E-state index contributed by atoms with van der Waals surface area (Å²) in [4.78, 5) is 16.6. The zero-order valence-corrected chi connectivity index (χ0v) is 9.12. The van der Waals surface area contributed by atoms with Gasteiger partial charge in [-0.15, -0.1) is 0 Å². The number of amides is 1. The number of primary amides is 1. The van der Waals surface area contributed by atoms with Gasteiger partial charge in [-0.3, -0.25) is 9.78 Å². The molecule has 0 saturated carbocycles. The van der Waals surface area contributed by atoms with E-state index in [1.54, 1.807) is 30.4 Å². The molecule has 1 aromatic heterocycles. The number of thiocarbonyl (C=S) groups is 1. The lowest BCUT2D eigenvalue weighted by molar-refractivity contribution is -0.116. The van der Waals surface area contributed by atoms with Gasteiger partial charge in [0.1, 0.15) is 4.99 Å². The summed E-state index contributed by atoms with van der Waals surface area (Å²) in [5.41, 5.74) is 12.0. The number of carbonyl (C=O) groups is 1. The van der Waals surface area contributed by atoms with Crippen LogP contribution >= 0.6 is 12.2 Å². The lowest BCUT2D eigenvalue weighted by Crippen LogP contribution is -2.32. The van der Waals surface area contributed by atoms with Gasteiger partial charge in [-0.2, -0.15) is 0 Å². The Kier molecular flexibility index (Phi) is 3.56. The first kappa shape index (κ1) is 11.4. The van der Waals surface area contributed by atoms with Crippen LogP contribution in [0.4, 0.5) is 5.69 Å². The third-order valence-electron chi connectivity index (χ3n) is 1.87. The fourth-order valence-electron chi connectivity index (χ4n) is 1.22. The number of likely N-dealkylation sites (N-methyl/N-ethyl adjacent to an activating group) is 1. The Morgan fingerprint density at radius 1 is 1.60 bits per heavy atom. The molecule has 6 heteroatoms. The molecule has 0 unspecified atom stereocenters. The molecular weight excluding hydrogens is 212 g/mol. The number of hydrogen-bond donors (Lipinski definition) is 2. The van der Waals surface area contributed by atoms with Gasteiger partial charge in [0.15, 0.2) is 0 Å². The quantitative estimate of drug-likeness (QED) is 0.682. The Morgan fingerprint density at radius 3 is 2.80 bits per heavy atom. The van der Waals surface area contributed by atoms with E-state index in [4.69, 9.17) is 23.7 Å². The predicted molar refractivity (Wildman–Crippen MR) is 62.6 cm³/mol. The Bertz CT molecular complexity index is 393. The largest absolute Gasteiger partial charge is 0.389 e. The Hall–Kier alpha value is -1.69. The van der Waals surface area contributed by atoms with Crippen LogP contribution in [0, 0.1) is 0 Å². The van der Waals surface area contributed by atoms with E-state index in [1.807, 2.05) is 0 Å². The van der Waals surface area contributed by atoms with E-state index in [2.05, 4.69) is 4.98 Å². The second-order valence-corrected chi connectivity index (χ2v) is 3.52. The van der Waals surface area contributed by atoms with Crippen molar-refractivity contribution in [2.24, 2.45) is 11.5 Å². The van der Waals surface area contributed by atoms with E-state index >= 15 is 0 Å². The molecule has 0 aliphatic heterocycles. The molecule has 5 nitrogen and oxygen atoms in total. The van der Waals surface area contributed by atoms with Crippen LogP contribution in [0.15, 0.2) is 18.5 Å². The molecule has 0 aliphatic rings. The maximum atomic E-state index is 10.8. The van der Waals surface area contributed by atoms with Crippen molar-refractivity contribution in [3.8, 4) is 0 Å². The fraction of sp³-hybridized carbons (Fsp3) is 0.222. The van der Waals surface area contributed by atoms with E-state index in [0.717, 1.165) is 0 Å². The van der Waals surface area contributed by atoms with Crippen LogP contribution in [0.5, 0.6) is 0 Å². The van der Waals surface area contributed by atoms with Gasteiger partial charge < -0.3 is 16.4 Å². The summed E-state index contributed by atoms with van der Waals surface area (Å²) in [7, 11) is 1.73. The van der Waals surface area contributed by atoms with E-state index < -0.39 is 5.91 Å². The number of nitrogens with two attached hydrogens (primary N) is 2. The van der Waals surface area contributed by atoms with Crippen LogP contribution in [0.1, 0.15) is 5.56 Å². The molecular formula is C9H12N4OS. The van der Waals surface area contributed by atoms with Crippen LogP contribution in [-0.2, 0) is 4.79 Å². The minimum atomic E-state index is -0.421. The highest BCUT2D eigenvalue weighted by Gasteiger charge is 2.10. The minimum Gasteiger partial charge on any atom is -0.389 e. The highest BCUT2D eigenvalue weighted by Crippen LogP contribution is 2.16. The smallest absolute Gasteiger partial charge is 0.236 e. The van der Waals surface area contributed by atoms with Crippen molar-refractivity contribution < 1.29 is 4.79 Å². The van der Waals surface area contributed by atoms with Gasteiger partial charge in [-0.1, -0.05) is 12.2 Å². The van der Waals surface area contributed by atoms with Crippen LogP contribution in [0.2, 0.25) is 0 Å². The fourth-order valence-corrected chi connectivity index (χ4v) is 1.39. The van der Waals surface area contributed by atoms with Crippen LogP contribution in [-0.4, -0.2) is 29.5 Å². The molecule has 1 amide bonds. The average Bonchev–Trinajstić information content (AvgIpc) is 2.16. The summed E-state index contributed by atoms with van der Waals surface area (Å²) in [6.45, 7) is 0.0985. The van der Waals surface area contributed by atoms with E-state index in [9.17, 15) is 4.79 Å². The molecule has 1 heterocycles. The first-order valence-corrected chi connectivity index (χ1v) is 4.66. The summed E-state index contributed by atoms with van der Waals surface area (Å²) < 4.78 is 0. The number of hydrogen-bond acceptors (Lipinski definition) is 4. The monoisotopic (exact) mass is 224 g/mol. The Balaban J connectivity index is 3.02. The molecule has 0 bridgehead atoms. The molecule has 1 aromatic rings. The van der Waals surface area contributed by atoms with E-state index in [0.29, 0.717) is 11.3 Å². The second-order valence-electron chi connectivity index (χ2n) is 3.08. The van der Waals surface area contributed by atoms with Gasteiger partial charge in [0.2, 0.25) is 5.91 Å². The highest BCUT2D eigenvalue weighted by atomic mass is 32.1. The summed E-state index contributed by atoms with van der Waals surface area (Å²) in [6, 6.07) is 1.70. The normalized spacial score (nSPS) is 9.67. The summed E-state index contributed by atoms with van der Waals surface area (Å²) in [5, 5.41) is 0. The molecule has 80 valence electrons. The van der Waals surface area contributed by atoms with Gasteiger partial charge >= 0.3 is 0 Å². The number of rotatable bonds is 4. The van der Waals surface area contributed by atoms with Crippen molar-refractivity contribution in [1.82, 2.24) is 4.98 Å². The first-order chi connectivity index (χ1) is 7.02. The van der Waals surface area contributed by atoms with Gasteiger partial charge in [0.25, 0.3) is 0 Å². The minimum absolute atomic E-state index is 0.0985. The third-order valence-corrected chi connectivity index (χ3v) is 2.09. The second kappa shape index (κ2) is 4.70. The SMILES string of the molecule is CN(CC(N)=O)c1cnccc1C(N)=S. The van der Waals surface area contributed by atoms with Crippen LogP contribution in [0.25, 0.3) is 0 Å². The molecule has 0 atom stereocenters. The molecule has 4 N–H and O–H groups in total. The van der Waals surface area contributed by atoms with Crippen molar-refractivity contribution in [3.05, 3.63) is 24.0 Å². The van der Waals surface area contributed by atoms with E-state index in [1.165, 1.54) is 0 Å². The Labute approximate surface area is 93.1 Å². The number of aromatic nitrogens is 1. The maximum Gasteiger partial charge on any atom is 0.236 e. The number of nitrogens with zero attached hydrogens (tertiary/aromatic N) is 2. The third kappa shape index (κ3) is 2.88. The zero-order chi connectivity index (χ0) is 11.4. The molecule has 0 fully saturated rings. The molecule has 0 saturated heterocycles. The number of carbonyl (C=O) groups excluding carboxylic acids is 1. The Morgan fingerprint density at radius 2 is 2.27 bits per heavy atom. The van der Waals surface area contributed by atoms with Gasteiger partial charge in [0.05, 0.1) is 18.4 Å². The molecule has 0 radical (unpaired) electrons. The topological polar surface area (TPSA) is 85.2 Å². The predicted octanol–water partition coefficient (Wildman–Crippen LogP) is -0.363. The van der Waals surface area contributed by atoms with Crippen molar-refractivity contribution in [2.45, 2.75) is 0 Å². The lowest BCUT2D eigenvalue weighted by Gasteiger charge is -2.19. The van der Waals surface area contributed by atoms with Crippen molar-refractivity contribution in [3.63, 3.8) is 0 Å². The summed E-state index contributed by atoms with van der Waals surface area (Å²) in [6.07, 6.45) is 3.19. The van der Waals surface area contributed by atoms with Crippen molar-refractivity contribution in [1.29, 1.82) is 0 Å². The zero-order valence-electron chi connectivity index (χ0n) is 8.30. The molecule has 0 spiro atoms. The van der Waals surface area contributed by atoms with Crippen molar-refractivity contribution in [2.75, 3.05) is 18.5 Å². The number of anilines is 1. The average molecular weight is 224 g/mol. The van der Waals surface area contributed by atoms with E-state index in [-0.39, 0.29) is 11.5 Å². The molecule has 0 aliphatic carbocycles. The first-order valence-electron chi connectivity index (χ1n) is 4.25. The van der Waals surface area contributed by atoms with Gasteiger partial charge in [0, 0.05) is 18.8 Å². The van der Waals surface area contributed by atoms with Crippen LogP contribution in [0.3, 0.4) is 0 Å². The van der Waals surface area contributed by atoms with Crippen molar-refractivity contribution >= 4 is 28.8 Å². The molecule has 1 rings (SSSR count). The number of pyridine rings is 1. The standard InChI is InChI=1S/C9H12N4OS/c1-13(5-8(10)14)7-4-12-3-2-6(7)9(11)15/h2-4H,5H2,1H3,(H2,10,14)(H2,11,15). The molecule has 0 aromatic carbocycles. The molecule has 15 heavy (non-hydrogen) atoms. The summed E-state index contributed by atoms with van der Waals surface area (Å²) >= 11 is 4.89. The van der Waals surface area contributed by atoms with Gasteiger partial charge in [-0.25, -0.2) is 0 Å². The highest BCUT2D eigenvalue weighted by molar-refractivity contribution is 7.80. The summed E-state index contributed by atoms with van der Waals surface area (Å²) in [5.74, 6) is -0.421. The maximum absolute atomic E-state index is 10.8. The van der Waals surface area contributed by atoms with Crippen LogP contribution < -0.4 is 16.4 Å².